The van der Waals surface area contributed by atoms with Crippen molar-refractivity contribution in [1.29, 1.82) is 0 Å². The molecule has 2 N–H and O–H groups in total. The second kappa shape index (κ2) is 6.93. The van der Waals surface area contributed by atoms with Gasteiger partial charge < -0.3 is 15.2 Å². The minimum Gasteiger partial charge on any atom is -0.489 e. The van der Waals surface area contributed by atoms with Crippen molar-refractivity contribution in [2.24, 2.45) is 11.8 Å². The average molecular weight is 343 g/mol. The van der Waals surface area contributed by atoms with Crippen LogP contribution in [0.4, 0.5) is 10.1 Å². The Morgan fingerprint density at radius 2 is 2.04 bits per heavy atom. The zero-order valence-corrected chi connectivity index (χ0v) is 13.7. The van der Waals surface area contributed by atoms with Crippen molar-refractivity contribution in [2.75, 3.05) is 5.32 Å². The van der Waals surface area contributed by atoms with E-state index < -0.39 is 17.8 Å². The Morgan fingerprint density at radius 3 is 2.68 bits per heavy atom. The number of carboxylic acid groups (broad SMARTS) is 1. The van der Waals surface area contributed by atoms with Crippen LogP contribution in [0.2, 0.25) is 0 Å². The van der Waals surface area contributed by atoms with Gasteiger partial charge in [0.25, 0.3) is 0 Å². The van der Waals surface area contributed by atoms with Gasteiger partial charge in [-0.25, -0.2) is 4.39 Å². The van der Waals surface area contributed by atoms with Gasteiger partial charge in [-0.2, -0.15) is 0 Å². The zero-order valence-electron chi connectivity index (χ0n) is 13.7. The number of carboxylic acids is 1. The van der Waals surface area contributed by atoms with Gasteiger partial charge in [-0.3, -0.25) is 9.59 Å². The molecule has 1 saturated carbocycles. The zero-order chi connectivity index (χ0) is 18.0. The molecule has 1 aliphatic carbocycles. The highest BCUT2D eigenvalue weighted by molar-refractivity contribution is 5.98. The highest BCUT2D eigenvalue weighted by Gasteiger charge is 2.48. The number of rotatable bonds is 6. The van der Waals surface area contributed by atoms with Gasteiger partial charge >= 0.3 is 5.97 Å². The third-order valence-corrected chi connectivity index (χ3v) is 4.19. The molecule has 0 saturated heterocycles. The summed E-state index contributed by atoms with van der Waals surface area (Å²) in [5, 5.41) is 11.6. The van der Waals surface area contributed by atoms with Crippen LogP contribution in [-0.2, 0) is 16.2 Å². The molecule has 2 atom stereocenters. The first kappa shape index (κ1) is 17.0. The third kappa shape index (κ3) is 4.15. The average Bonchev–Trinajstić information content (AvgIpc) is 3.36. The topological polar surface area (TPSA) is 75.6 Å². The molecule has 1 amide bonds. The van der Waals surface area contributed by atoms with Crippen molar-refractivity contribution in [2.45, 2.75) is 20.0 Å². The molecular formula is C19H18FNO4. The number of halogens is 1. The molecule has 6 heteroatoms. The Morgan fingerprint density at radius 1 is 1.24 bits per heavy atom. The fraction of sp³-hybridized carbons (Fsp3) is 0.263. The van der Waals surface area contributed by atoms with Gasteiger partial charge in [0.2, 0.25) is 5.91 Å². The maximum atomic E-state index is 13.1. The van der Waals surface area contributed by atoms with E-state index in [2.05, 4.69) is 5.32 Å². The van der Waals surface area contributed by atoms with Crippen molar-refractivity contribution >= 4 is 17.6 Å². The van der Waals surface area contributed by atoms with Crippen LogP contribution < -0.4 is 10.1 Å². The van der Waals surface area contributed by atoms with Crippen molar-refractivity contribution in [3.63, 3.8) is 0 Å². The maximum Gasteiger partial charge on any atom is 0.307 e. The van der Waals surface area contributed by atoms with Crippen LogP contribution in [-0.4, -0.2) is 17.0 Å². The summed E-state index contributed by atoms with van der Waals surface area (Å²) in [7, 11) is 0. The van der Waals surface area contributed by atoms with E-state index in [0.717, 1.165) is 11.1 Å². The molecule has 0 heterocycles. The lowest BCUT2D eigenvalue weighted by molar-refractivity contribution is -0.139. The molecule has 1 fully saturated rings. The predicted octanol–water partition coefficient (Wildman–Crippen LogP) is 3.37. The van der Waals surface area contributed by atoms with Gasteiger partial charge in [-0.05, 0) is 54.8 Å². The van der Waals surface area contributed by atoms with E-state index >= 15 is 0 Å². The first-order valence-electron chi connectivity index (χ1n) is 7.95. The first-order valence-corrected chi connectivity index (χ1v) is 7.95. The molecule has 3 rings (SSSR count). The summed E-state index contributed by atoms with van der Waals surface area (Å²) in [6, 6.07) is 11.4. The number of ether oxygens (including phenoxy) is 1. The number of aryl methyl sites for hydroxylation is 1. The Balaban J connectivity index is 1.59. The van der Waals surface area contributed by atoms with Crippen LogP contribution in [0.15, 0.2) is 42.5 Å². The number of hydrogen-bond acceptors (Lipinski definition) is 3. The molecule has 0 aliphatic heterocycles. The van der Waals surface area contributed by atoms with Gasteiger partial charge in [-0.1, -0.05) is 12.1 Å². The van der Waals surface area contributed by atoms with E-state index in [-0.39, 0.29) is 18.3 Å². The summed E-state index contributed by atoms with van der Waals surface area (Å²) in [5.74, 6) is -1.94. The lowest BCUT2D eigenvalue weighted by atomic mass is 10.1. The lowest BCUT2D eigenvalue weighted by Crippen LogP contribution is -2.17. The molecule has 2 unspecified atom stereocenters. The molecule has 1 aliphatic rings. The van der Waals surface area contributed by atoms with Crippen LogP contribution in [0.3, 0.4) is 0 Å². The minimum atomic E-state index is -0.932. The third-order valence-electron chi connectivity index (χ3n) is 4.19. The monoisotopic (exact) mass is 343 g/mol. The van der Waals surface area contributed by atoms with Gasteiger partial charge in [0.05, 0.1) is 11.8 Å². The summed E-state index contributed by atoms with van der Waals surface area (Å²) in [6.07, 6.45) is 0.384. The fourth-order valence-corrected chi connectivity index (χ4v) is 2.64. The summed E-state index contributed by atoms with van der Waals surface area (Å²) in [6.45, 7) is 2.07. The second-order valence-corrected chi connectivity index (χ2v) is 6.17. The van der Waals surface area contributed by atoms with Crippen LogP contribution >= 0.6 is 0 Å². The number of carbonyl (C=O) groups excluding carboxylic acids is 1. The first-order chi connectivity index (χ1) is 11.9. The van der Waals surface area contributed by atoms with Gasteiger partial charge in [0.1, 0.15) is 18.2 Å². The highest BCUT2D eigenvalue weighted by atomic mass is 19.1. The maximum absolute atomic E-state index is 13.1. The quantitative estimate of drug-likeness (QED) is 0.843. The van der Waals surface area contributed by atoms with E-state index in [9.17, 15) is 14.0 Å². The molecular weight excluding hydrogens is 325 g/mol. The Kier molecular flexibility index (Phi) is 4.70. The lowest BCUT2D eigenvalue weighted by Gasteiger charge is -2.11. The van der Waals surface area contributed by atoms with Crippen LogP contribution in [0, 0.1) is 24.6 Å². The van der Waals surface area contributed by atoms with Crippen molar-refractivity contribution in [1.82, 2.24) is 0 Å². The van der Waals surface area contributed by atoms with Crippen molar-refractivity contribution in [3.8, 4) is 5.75 Å². The molecule has 2 aromatic carbocycles. The molecule has 0 bridgehead atoms. The SMILES string of the molecule is Cc1cc(OCc2cccc(F)c2)ccc1NC(=O)C1CC1C(=O)O. The predicted molar refractivity (Wildman–Crippen MR) is 89.8 cm³/mol. The molecule has 0 aromatic heterocycles. The number of aliphatic carboxylic acids is 1. The van der Waals surface area contributed by atoms with E-state index in [1.807, 2.05) is 6.92 Å². The normalized spacial score (nSPS) is 18.5. The van der Waals surface area contributed by atoms with Crippen molar-refractivity contribution in [3.05, 3.63) is 59.4 Å². The number of amides is 1. The summed E-state index contributed by atoms with van der Waals surface area (Å²) in [5.41, 5.74) is 2.15. The number of benzene rings is 2. The molecule has 0 spiro atoms. The van der Waals surface area contributed by atoms with Crippen LogP contribution in [0.1, 0.15) is 17.5 Å². The highest BCUT2D eigenvalue weighted by Crippen LogP contribution is 2.39. The summed E-state index contributed by atoms with van der Waals surface area (Å²) >= 11 is 0. The Labute approximate surface area is 144 Å². The van der Waals surface area contributed by atoms with E-state index in [1.165, 1.54) is 12.1 Å². The standard InChI is InChI=1S/C19H18FNO4/c1-11-7-14(25-10-12-3-2-4-13(20)8-12)5-6-17(11)21-18(22)15-9-16(15)19(23)24/h2-8,15-16H,9-10H2,1H3,(H,21,22)(H,23,24). The van der Waals surface area contributed by atoms with Crippen LogP contribution in [0.5, 0.6) is 5.75 Å². The largest absolute Gasteiger partial charge is 0.489 e. The smallest absolute Gasteiger partial charge is 0.307 e. The van der Waals surface area contributed by atoms with Gasteiger partial charge in [0, 0.05) is 5.69 Å². The number of nitrogens with one attached hydrogen (secondary N) is 1. The van der Waals surface area contributed by atoms with Gasteiger partial charge in [-0.15, -0.1) is 0 Å². The molecule has 5 nitrogen and oxygen atoms in total. The second-order valence-electron chi connectivity index (χ2n) is 6.17. The number of carbonyl (C=O) groups is 2. The van der Waals surface area contributed by atoms with Crippen LogP contribution in [0.25, 0.3) is 0 Å². The molecule has 0 radical (unpaired) electrons. The Hall–Kier alpha value is -2.89. The summed E-state index contributed by atoms with van der Waals surface area (Å²) in [4.78, 5) is 22.9. The van der Waals surface area contributed by atoms with E-state index in [1.54, 1.807) is 30.3 Å². The Bertz CT molecular complexity index is 821. The molecule has 130 valence electrons. The fourth-order valence-electron chi connectivity index (χ4n) is 2.64. The van der Waals surface area contributed by atoms with E-state index in [4.69, 9.17) is 9.84 Å². The number of anilines is 1. The van der Waals surface area contributed by atoms with Gasteiger partial charge in [0.15, 0.2) is 0 Å². The summed E-state index contributed by atoms with van der Waals surface area (Å²) < 4.78 is 18.8. The minimum absolute atomic E-state index is 0.241. The molecule has 2 aromatic rings. The van der Waals surface area contributed by atoms with Crippen molar-refractivity contribution < 1.29 is 23.8 Å². The number of hydrogen-bond donors (Lipinski definition) is 2. The van der Waals surface area contributed by atoms with E-state index in [0.29, 0.717) is 17.9 Å². The molecule has 25 heavy (non-hydrogen) atoms.